The van der Waals surface area contributed by atoms with Crippen molar-refractivity contribution < 1.29 is 0 Å². The first-order valence-corrected chi connectivity index (χ1v) is 6.11. The molecule has 0 aromatic heterocycles. The summed E-state index contributed by atoms with van der Waals surface area (Å²) in [5.41, 5.74) is 4.18. The Hall–Kier alpha value is -1.82. The second-order valence-electron chi connectivity index (χ2n) is 4.43. The molecule has 1 radical (unpaired) electrons. The van der Waals surface area contributed by atoms with Crippen molar-refractivity contribution in [3.63, 3.8) is 0 Å². The van der Waals surface area contributed by atoms with Gasteiger partial charge in [0.1, 0.15) is 0 Å². The standard InChI is InChI=1S/C17H15/c1-2-6-14(7-3-1)10-11-16-13-12-15-8-4-5-9-17(15)16/h1-9,12-13H,10-11H2. The molecule has 0 saturated heterocycles. The van der Waals surface area contributed by atoms with Crippen molar-refractivity contribution in [1.82, 2.24) is 0 Å². The molecule has 0 spiro atoms. The molecule has 0 heterocycles. The molecule has 0 atom stereocenters. The molecule has 2 aromatic carbocycles. The molecule has 0 aliphatic heterocycles. The summed E-state index contributed by atoms with van der Waals surface area (Å²) >= 11 is 0. The van der Waals surface area contributed by atoms with E-state index in [0.29, 0.717) is 0 Å². The summed E-state index contributed by atoms with van der Waals surface area (Å²) in [7, 11) is 0. The fourth-order valence-corrected chi connectivity index (χ4v) is 2.36. The van der Waals surface area contributed by atoms with Crippen LogP contribution in [0.2, 0.25) is 0 Å². The highest BCUT2D eigenvalue weighted by atomic mass is 14.2. The summed E-state index contributed by atoms with van der Waals surface area (Å²) in [4.78, 5) is 0. The van der Waals surface area contributed by atoms with Crippen molar-refractivity contribution in [2.24, 2.45) is 0 Å². The van der Waals surface area contributed by atoms with E-state index >= 15 is 0 Å². The SMILES string of the molecule is C1=Cc2ccccc2[C]1CCc1ccccc1. The average molecular weight is 219 g/mol. The molecule has 0 N–H and O–H groups in total. The van der Waals surface area contributed by atoms with Gasteiger partial charge in [0.15, 0.2) is 0 Å². The monoisotopic (exact) mass is 219 g/mol. The van der Waals surface area contributed by atoms with Crippen molar-refractivity contribution in [2.75, 3.05) is 0 Å². The summed E-state index contributed by atoms with van der Waals surface area (Å²) in [6.45, 7) is 0. The summed E-state index contributed by atoms with van der Waals surface area (Å²) in [6.07, 6.45) is 6.72. The average Bonchev–Trinajstić information content (AvgIpc) is 2.81. The van der Waals surface area contributed by atoms with Crippen LogP contribution in [0.4, 0.5) is 0 Å². The maximum atomic E-state index is 2.26. The number of rotatable bonds is 3. The van der Waals surface area contributed by atoms with Crippen LogP contribution < -0.4 is 0 Å². The molecule has 0 unspecified atom stereocenters. The van der Waals surface area contributed by atoms with E-state index < -0.39 is 0 Å². The minimum absolute atomic E-state index is 1.12. The molecular formula is C17H15. The molecule has 0 nitrogen and oxygen atoms in total. The minimum Gasteiger partial charge on any atom is -0.0721 e. The third-order valence-corrected chi connectivity index (χ3v) is 3.30. The number of hydrogen-bond donors (Lipinski definition) is 0. The lowest BCUT2D eigenvalue weighted by Gasteiger charge is -2.09. The third-order valence-electron chi connectivity index (χ3n) is 3.30. The highest BCUT2D eigenvalue weighted by molar-refractivity contribution is 5.68. The van der Waals surface area contributed by atoms with Gasteiger partial charge in [-0.15, -0.1) is 0 Å². The van der Waals surface area contributed by atoms with Crippen LogP contribution in [0.5, 0.6) is 0 Å². The molecule has 2 aromatic rings. The van der Waals surface area contributed by atoms with E-state index in [-0.39, 0.29) is 0 Å². The van der Waals surface area contributed by atoms with Crippen molar-refractivity contribution in [1.29, 1.82) is 0 Å². The Morgan fingerprint density at radius 2 is 1.41 bits per heavy atom. The van der Waals surface area contributed by atoms with Gasteiger partial charge in [-0.3, -0.25) is 0 Å². The molecule has 1 aliphatic rings. The fraction of sp³-hybridized carbons (Fsp3) is 0.118. The number of aryl methyl sites for hydroxylation is 1. The Kier molecular flexibility index (Phi) is 2.79. The quantitative estimate of drug-likeness (QED) is 0.723. The zero-order chi connectivity index (χ0) is 11.5. The van der Waals surface area contributed by atoms with Crippen LogP contribution in [0.25, 0.3) is 6.08 Å². The lowest BCUT2D eigenvalue weighted by Crippen LogP contribution is -1.96. The van der Waals surface area contributed by atoms with Gasteiger partial charge in [-0.25, -0.2) is 0 Å². The Morgan fingerprint density at radius 1 is 0.647 bits per heavy atom. The van der Waals surface area contributed by atoms with Gasteiger partial charge in [0.25, 0.3) is 0 Å². The van der Waals surface area contributed by atoms with Crippen LogP contribution in [0.1, 0.15) is 23.1 Å². The van der Waals surface area contributed by atoms with Crippen LogP contribution in [0, 0.1) is 5.92 Å². The molecular weight excluding hydrogens is 204 g/mol. The predicted molar refractivity (Wildman–Crippen MR) is 72.6 cm³/mol. The van der Waals surface area contributed by atoms with Crippen LogP contribution in [-0.2, 0) is 6.42 Å². The van der Waals surface area contributed by atoms with Gasteiger partial charge in [0.05, 0.1) is 0 Å². The van der Waals surface area contributed by atoms with Gasteiger partial charge in [-0.2, -0.15) is 0 Å². The minimum atomic E-state index is 1.12. The maximum Gasteiger partial charge on any atom is 0.0276 e. The zero-order valence-electron chi connectivity index (χ0n) is 9.77. The van der Waals surface area contributed by atoms with Crippen molar-refractivity contribution in [2.45, 2.75) is 12.8 Å². The number of fused-ring (bicyclic) bond motifs is 1. The predicted octanol–water partition coefficient (Wildman–Crippen LogP) is 4.27. The van der Waals surface area contributed by atoms with E-state index in [4.69, 9.17) is 0 Å². The van der Waals surface area contributed by atoms with E-state index in [9.17, 15) is 0 Å². The van der Waals surface area contributed by atoms with Gasteiger partial charge in [-0.1, -0.05) is 66.7 Å². The molecule has 0 heteroatoms. The third kappa shape index (κ3) is 2.16. The zero-order valence-corrected chi connectivity index (χ0v) is 9.77. The summed E-state index contributed by atoms with van der Waals surface area (Å²) < 4.78 is 0. The molecule has 0 saturated carbocycles. The van der Waals surface area contributed by atoms with Gasteiger partial charge >= 0.3 is 0 Å². The first-order valence-electron chi connectivity index (χ1n) is 6.11. The van der Waals surface area contributed by atoms with Crippen LogP contribution >= 0.6 is 0 Å². The largest absolute Gasteiger partial charge is 0.0721 e. The van der Waals surface area contributed by atoms with Gasteiger partial charge < -0.3 is 0 Å². The van der Waals surface area contributed by atoms with Gasteiger partial charge in [0.2, 0.25) is 0 Å². The molecule has 0 bridgehead atoms. The maximum absolute atomic E-state index is 2.26. The highest BCUT2D eigenvalue weighted by Gasteiger charge is 2.16. The normalized spacial score (nSPS) is 13.9. The summed E-state index contributed by atoms with van der Waals surface area (Å²) in [5, 5.41) is 0. The number of hydrogen-bond acceptors (Lipinski definition) is 0. The molecule has 83 valence electrons. The van der Waals surface area contributed by atoms with E-state index in [1.54, 1.807) is 0 Å². The first kappa shape index (κ1) is 10.3. The van der Waals surface area contributed by atoms with E-state index in [0.717, 1.165) is 12.8 Å². The van der Waals surface area contributed by atoms with Crippen LogP contribution in [0.15, 0.2) is 60.7 Å². The second-order valence-corrected chi connectivity index (χ2v) is 4.43. The molecule has 0 fully saturated rings. The lowest BCUT2D eigenvalue weighted by atomic mass is 9.94. The van der Waals surface area contributed by atoms with E-state index in [1.165, 1.54) is 22.6 Å². The Bertz CT molecular complexity index is 523. The van der Waals surface area contributed by atoms with Gasteiger partial charge in [-0.05, 0) is 29.5 Å². The van der Waals surface area contributed by atoms with Crippen molar-refractivity contribution >= 4 is 6.08 Å². The molecule has 3 rings (SSSR count). The Morgan fingerprint density at radius 3 is 2.29 bits per heavy atom. The second kappa shape index (κ2) is 4.58. The van der Waals surface area contributed by atoms with Crippen LogP contribution in [-0.4, -0.2) is 0 Å². The topological polar surface area (TPSA) is 0 Å². The lowest BCUT2D eigenvalue weighted by molar-refractivity contribution is 0.898. The molecule has 0 amide bonds. The van der Waals surface area contributed by atoms with E-state index in [1.807, 2.05) is 0 Å². The van der Waals surface area contributed by atoms with Crippen LogP contribution in [0.3, 0.4) is 0 Å². The smallest absolute Gasteiger partial charge is 0.0276 e. The van der Waals surface area contributed by atoms with Crippen molar-refractivity contribution in [3.8, 4) is 0 Å². The molecule has 1 aliphatic carbocycles. The number of allylic oxidation sites excluding steroid dienone is 1. The number of benzene rings is 2. The first-order chi connectivity index (χ1) is 8.43. The Labute approximate surface area is 103 Å². The Balaban J connectivity index is 1.70. The fourth-order valence-electron chi connectivity index (χ4n) is 2.36. The summed E-state index contributed by atoms with van der Waals surface area (Å²) in [6, 6.07) is 19.3. The molecule has 17 heavy (non-hydrogen) atoms. The van der Waals surface area contributed by atoms with E-state index in [2.05, 4.69) is 66.7 Å². The summed E-state index contributed by atoms with van der Waals surface area (Å²) in [5.74, 6) is 1.46. The highest BCUT2D eigenvalue weighted by Crippen LogP contribution is 2.32. The van der Waals surface area contributed by atoms with Gasteiger partial charge in [0, 0.05) is 5.92 Å². The van der Waals surface area contributed by atoms with Crippen molar-refractivity contribution in [3.05, 3.63) is 83.3 Å².